The Morgan fingerprint density at radius 2 is 1.71 bits per heavy atom. The Balaban J connectivity index is 1.82. The number of carbonyl (C=O) groups excluding carboxylic acids is 1. The summed E-state index contributed by atoms with van der Waals surface area (Å²) in [5.74, 6) is -0.351. The van der Waals surface area contributed by atoms with Crippen LogP contribution in [0.2, 0.25) is 0 Å². The summed E-state index contributed by atoms with van der Waals surface area (Å²) in [5.41, 5.74) is 3.03. The SMILES string of the molecule is Cc1ccccc1NS(=O)(=O)c1ccc(C)c(C(=O)NCc2ccccn2)c1. The van der Waals surface area contributed by atoms with Gasteiger partial charge in [-0.3, -0.25) is 14.5 Å². The number of pyridine rings is 1. The molecule has 0 aliphatic heterocycles. The van der Waals surface area contributed by atoms with Gasteiger partial charge in [0.25, 0.3) is 15.9 Å². The topological polar surface area (TPSA) is 88.2 Å². The van der Waals surface area contributed by atoms with Gasteiger partial charge in [-0.05, 0) is 55.3 Å². The molecule has 2 N–H and O–H groups in total. The fourth-order valence-electron chi connectivity index (χ4n) is 2.67. The zero-order valence-corrected chi connectivity index (χ0v) is 16.5. The Kier molecular flexibility index (Phi) is 5.75. The largest absolute Gasteiger partial charge is 0.346 e. The van der Waals surface area contributed by atoms with Gasteiger partial charge in [0, 0.05) is 11.8 Å². The first-order chi connectivity index (χ1) is 13.4. The molecule has 0 saturated carbocycles. The number of aromatic nitrogens is 1. The van der Waals surface area contributed by atoms with Gasteiger partial charge in [0.05, 0.1) is 22.8 Å². The Hall–Kier alpha value is -3.19. The molecule has 3 rings (SSSR count). The van der Waals surface area contributed by atoms with Crippen LogP contribution in [-0.2, 0) is 16.6 Å². The molecule has 0 aliphatic rings. The molecule has 0 aliphatic carbocycles. The number of amides is 1. The predicted octanol–water partition coefficient (Wildman–Crippen LogP) is 3.43. The van der Waals surface area contributed by atoms with E-state index >= 15 is 0 Å². The zero-order valence-electron chi connectivity index (χ0n) is 15.6. The van der Waals surface area contributed by atoms with Crippen LogP contribution in [0.3, 0.4) is 0 Å². The quantitative estimate of drug-likeness (QED) is 0.669. The summed E-state index contributed by atoms with van der Waals surface area (Å²) in [4.78, 5) is 16.8. The Labute approximate surface area is 164 Å². The molecule has 2 aromatic carbocycles. The van der Waals surface area contributed by atoms with E-state index in [1.54, 1.807) is 43.5 Å². The van der Waals surface area contributed by atoms with Gasteiger partial charge in [-0.15, -0.1) is 0 Å². The highest BCUT2D eigenvalue weighted by Crippen LogP contribution is 2.21. The predicted molar refractivity (Wildman–Crippen MR) is 109 cm³/mol. The van der Waals surface area contributed by atoms with E-state index in [-0.39, 0.29) is 17.3 Å². The molecule has 144 valence electrons. The maximum absolute atomic E-state index is 12.8. The number of para-hydroxylation sites is 1. The second kappa shape index (κ2) is 8.22. The molecule has 1 aromatic heterocycles. The Morgan fingerprint density at radius 1 is 0.964 bits per heavy atom. The van der Waals surface area contributed by atoms with E-state index in [2.05, 4.69) is 15.0 Å². The van der Waals surface area contributed by atoms with Crippen molar-refractivity contribution in [2.24, 2.45) is 0 Å². The fraction of sp³-hybridized carbons (Fsp3) is 0.143. The number of rotatable bonds is 6. The third-order valence-corrected chi connectivity index (χ3v) is 5.67. The second-order valence-corrected chi connectivity index (χ2v) is 8.08. The average Bonchev–Trinajstić information content (AvgIpc) is 2.69. The van der Waals surface area contributed by atoms with Crippen LogP contribution in [-0.4, -0.2) is 19.3 Å². The number of anilines is 1. The van der Waals surface area contributed by atoms with Crippen LogP contribution in [0, 0.1) is 13.8 Å². The summed E-state index contributed by atoms with van der Waals surface area (Å²) in [6, 6.07) is 17.1. The van der Waals surface area contributed by atoms with Gasteiger partial charge in [-0.25, -0.2) is 8.42 Å². The monoisotopic (exact) mass is 395 g/mol. The van der Waals surface area contributed by atoms with Crippen LogP contribution >= 0.6 is 0 Å². The van der Waals surface area contributed by atoms with Crippen molar-refractivity contribution in [3.8, 4) is 0 Å². The molecule has 6 nitrogen and oxygen atoms in total. The van der Waals surface area contributed by atoms with Gasteiger partial charge in [-0.1, -0.05) is 30.3 Å². The third-order valence-electron chi connectivity index (χ3n) is 4.31. The van der Waals surface area contributed by atoms with Gasteiger partial charge in [0.1, 0.15) is 0 Å². The molecule has 28 heavy (non-hydrogen) atoms. The van der Waals surface area contributed by atoms with E-state index in [0.29, 0.717) is 16.8 Å². The third kappa shape index (κ3) is 4.55. The highest BCUT2D eigenvalue weighted by molar-refractivity contribution is 7.92. The standard InChI is InChI=1S/C21H21N3O3S/c1-15-10-11-18(28(26,27)24-20-9-4-3-7-16(20)2)13-19(15)21(25)23-14-17-8-5-6-12-22-17/h3-13,24H,14H2,1-2H3,(H,23,25). The first kappa shape index (κ1) is 19.6. The van der Waals surface area contributed by atoms with E-state index in [4.69, 9.17) is 0 Å². The normalized spacial score (nSPS) is 11.1. The number of sulfonamides is 1. The number of hydrogen-bond acceptors (Lipinski definition) is 4. The molecule has 0 fully saturated rings. The fourth-order valence-corrected chi connectivity index (χ4v) is 3.83. The lowest BCUT2D eigenvalue weighted by molar-refractivity contribution is 0.0949. The van der Waals surface area contributed by atoms with Crippen molar-refractivity contribution >= 4 is 21.6 Å². The first-order valence-electron chi connectivity index (χ1n) is 8.74. The van der Waals surface area contributed by atoms with Crippen molar-refractivity contribution in [3.63, 3.8) is 0 Å². The van der Waals surface area contributed by atoms with Crippen LogP contribution in [0.25, 0.3) is 0 Å². The number of carbonyl (C=O) groups is 1. The first-order valence-corrected chi connectivity index (χ1v) is 10.2. The summed E-state index contributed by atoms with van der Waals surface area (Å²) >= 11 is 0. The average molecular weight is 395 g/mol. The molecule has 7 heteroatoms. The number of aryl methyl sites for hydroxylation is 2. The maximum Gasteiger partial charge on any atom is 0.261 e. The van der Waals surface area contributed by atoms with Crippen molar-refractivity contribution in [2.45, 2.75) is 25.3 Å². The number of nitrogens with one attached hydrogen (secondary N) is 2. The van der Waals surface area contributed by atoms with Crippen molar-refractivity contribution in [2.75, 3.05) is 4.72 Å². The van der Waals surface area contributed by atoms with Crippen LogP contribution in [0.1, 0.15) is 27.2 Å². The van der Waals surface area contributed by atoms with Gasteiger partial charge in [-0.2, -0.15) is 0 Å². The zero-order chi connectivity index (χ0) is 20.1. The molecule has 0 radical (unpaired) electrons. The van der Waals surface area contributed by atoms with E-state index in [9.17, 15) is 13.2 Å². The second-order valence-electron chi connectivity index (χ2n) is 6.40. The molecule has 0 saturated heterocycles. The van der Waals surface area contributed by atoms with Gasteiger partial charge >= 0.3 is 0 Å². The molecule has 0 spiro atoms. The van der Waals surface area contributed by atoms with Crippen LogP contribution < -0.4 is 10.0 Å². The maximum atomic E-state index is 12.8. The van der Waals surface area contributed by atoms with Gasteiger partial charge < -0.3 is 5.32 Å². The molecule has 0 bridgehead atoms. The summed E-state index contributed by atoms with van der Waals surface area (Å²) in [6.07, 6.45) is 1.65. The van der Waals surface area contributed by atoms with Crippen LogP contribution in [0.4, 0.5) is 5.69 Å². The molecular formula is C21H21N3O3S. The molecule has 1 heterocycles. The minimum atomic E-state index is -3.82. The van der Waals surface area contributed by atoms with Crippen molar-refractivity contribution in [3.05, 3.63) is 89.2 Å². The molecular weight excluding hydrogens is 374 g/mol. The van der Waals surface area contributed by atoms with Crippen molar-refractivity contribution < 1.29 is 13.2 Å². The lowest BCUT2D eigenvalue weighted by Crippen LogP contribution is -2.24. The van der Waals surface area contributed by atoms with Crippen molar-refractivity contribution in [1.82, 2.24) is 10.3 Å². The molecule has 3 aromatic rings. The van der Waals surface area contributed by atoms with Crippen LogP contribution in [0.15, 0.2) is 71.8 Å². The number of hydrogen-bond donors (Lipinski definition) is 2. The number of benzene rings is 2. The van der Waals surface area contributed by atoms with Gasteiger partial charge in [0.2, 0.25) is 0 Å². The van der Waals surface area contributed by atoms with E-state index in [1.807, 2.05) is 25.1 Å². The molecule has 0 unspecified atom stereocenters. The van der Waals surface area contributed by atoms with E-state index in [0.717, 1.165) is 11.3 Å². The lowest BCUT2D eigenvalue weighted by atomic mass is 10.1. The summed E-state index contributed by atoms with van der Waals surface area (Å²) in [7, 11) is -3.82. The Morgan fingerprint density at radius 3 is 2.43 bits per heavy atom. The molecule has 1 amide bonds. The minimum absolute atomic E-state index is 0.0318. The summed E-state index contributed by atoms with van der Waals surface area (Å²) in [6.45, 7) is 3.85. The highest BCUT2D eigenvalue weighted by Gasteiger charge is 2.19. The summed E-state index contributed by atoms with van der Waals surface area (Å²) < 4.78 is 28.1. The lowest BCUT2D eigenvalue weighted by Gasteiger charge is -2.13. The highest BCUT2D eigenvalue weighted by atomic mass is 32.2. The van der Waals surface area contributed by atoms with Crippen LogP contribution in [0.5, 0.6) is 0 Å². The van der Waals surface area contributed by atoms with Crippen molar-refractivity contribution in [1.29, 1.82) is 0 Å². The summed E-state index contributed by atoms with van der Waals surface area (Å²) in [5, 5.41) is 2.78. The van der Waals surface area contributed by atoms with E-state index in [1.165, 1.54) is 12.1 Å². The Bertz CT molecular complexity index is 1100. The minimum Gasteiger partial charge on any atom is -0.346 e. The van der Waals surface area contributed by atoms with Gasteiger partial charge in [0.15, 0.2) is 0 Å². The number of nitrogens with zero attached hydrogens (tertiary/aromatic N) is 1. The van der Waals surface area contributed by atoms with E-state index < -0.39 is 10.0 Å². The smallest absolute Gasteiger partial charge is 0.261 e. The molecule has 0 atom stereocenters.